The van der Waals surface area contributed by atoms with Crippen LogP contribution in [-0.4, -0.2) is 54.7 Å². The van der Waals surface area contributed by atoms with Crippen molar-refractivity contribution in [2.75, 3.05) is 20.3 Å². The van der Waals surface area contributed by atoms with E-state index in [4.69, 9.17) is 9.84 Å². The zero-order chi connectivity index (χ0) is 16.2. The van der Waals surface area contributed by atoms with Gasteiger partial charge < -0.3 is 14.4 Å². The Kier molecular flexibility index (Phi) is 5.94. The number of carboxylic acid groups (broad SMARTS) is 1. The van der Waals surface area contributed by atoms with Crippen molar-refractivity contribution >= 4 is 16.0 Å². The molecular formula is C13H22N2O5S. The van der Waals surface area contributed by atoms with Gasteiger partial charge in [0, 0.05) is 32.4 Å². The maximum absolute atomic E-state index is 12.6. The van der Waals surface area contributed by atoms with Gasteiger partial charge in [0.05, 0.1) is 6.61 Å². The highest BCUT2D eigenvalue weighted by Gasteiger charge is 2.29. The lowest BCUT2D eigenvalue weighted by Gasteiger charge is -2.24. The van der Waals surface area contributed by atoms with Crippen LogP contribution in [0, 0.1) is 0 Å². The number of methoxy groups -OCH3 is 1. The average molecular weight is 318 g/mol. The maximum atomic E-state index is 12.6. The third-order valence-corrected chi connectivity index (χ3v) is 5.17. The highest BCUT2D eigenvalue weighted by molar-refractivity contribution is 7.89. The van der Waals surface area contributed by atoms with Crippen LogP contribution in [0.15, 0.2) is 17.2 Å². The molecule has 0 fully saturated rings. The van der Waals surface area contributed by atoms with E-state index in [0.29, 0.717) is 6.54 Å². The first-order valence-electron chi connectivity index (χ1n) is 6.69. The fourth-order valence-electron chi connectivity index (χ4n) is 2.04. The number of hydrogen-bond donors (Lipinski definition) is 1. The van der Waals surface area contributed by atoms with Crippen molar-refractivity contribution in [3.63, 3.8) is 0 Å². The van der Waals surface area contributed by atoms with E-state index in [0.717, 1.165) is 0 Å². The Labute approximate surface area is 125 Å². The molecule has 0 atom stereocenters. The monoisotopic (exact) mass is 318 g/mol. The Bertz CT molecular complexity index is 592. The van der Waals surface area contributed by atoms with E-state index >= 15 is 0 Å². The van der Waals surface area contributed by atoms with Crippen LogP contribution >= 0.6 is 0 Å². The van der Waals surface area contributed by atoms with E-state index in [1.54, 1.807) is 20.8 Å². The summed E-state index contributed by atoms with van der Waals surface area (Å²) in [6.07, 6.45) is 1.36. The molecule has 120 valence electrons. The van der Waals surface area contributed by atoms with E-state index in [-0.39, 0.29) is 29.8 Å². The van der Waals surface area contributed by atoms with Gasteiger partial charge in [0.1, 0.15) is 10.6 Å². The first-order valence-corrected chi connectivity index (χ1v) is 8.14. The normalized spacial score (nSPS) is 12.3. The standard InChI is InChI=1S/C13H22N2O5S/c1-5-14-9-11(8-12(14)13(16)17)21(18,19)15(10(2)3)6-7-20-4/h8-10H,5-7H2,1-4H3,(H,16,17). The molecule has 0 bridgehead atoms. The lowest BCUT2D eigenvalue weighted by Crippen LogP contribution is -2.39. The van der Waals surface area contributed by atoms with E-state index in [1.165, 1.54) is 28.2 Å². The molecule has 1 aromatic rings. The van der Waals surface area contributed by atoms with Crippen LogP contribution in [0.5, 0.6) is 0 Å². The molecule has 0 aliphatic heterocycles. The van der Waals surface area contributed by atoms with Gasteiger partial charge in [-0.3, -0.25) is 0 Å². The summed E-state index contributed by atoms with van der Waals surface area (Å²) in [5.74, 6) is -1.15. The van der Waals surface area contributed by atoms with Gasteiger partial charge >= 0.3 is 5.97 Å². The summed E-state index contributed by atoms with van der Waals surface area (Å²) >= 11 is 0. The van der Waals surface area contributed by atoms with Crippen molar-refractivity contribution in [1.29, 1.82) is 0 Å². The number of aromatic carboxylic acids is 1. The van der Waals surface area contributed by atoms with Crippen LogP contribution in [0.2, 0.25) is 0 Å². The van der Waals surface area contributed by atoms with Gasteiger partial charge in [0.15, 0.2) is 0 Å². The smallest absolute Gasteiger partial charge is 0.352 e. The van der Waals surface area contributed by atoms with Crippen molar-refractivity contribution in [3.05, 3.63) is 18.0 Å². The van der Waals surface area contributed by atoms with E-state index in [2.05, 4.69) is 0 Å². The number of hydrogen-bond acceptors (Lipinski definition) is 4. The highest BCUT2D eigenvalue weighted by atomic mass is 32.2. The van der Waals surface area contributed by atoms with Crippen LogP contribution in [0.4, 0.5) is 0 Å². The molecule has 0 radical (unpaired) electrons. The summed E-state index contributed by atoms with van der Waals surface area (Å²) in [4.78, 5) is 11.1. The minimum absolute atomic E-state index is 0.00782. The summed E-state index contributed by atoms with van der Waals surface area (Å²) in [5.41, 5.74) is -0.0356. The second kappa shape index (κ2) is 7.06. The topological polar surface area (TPSA) is 88.8 Å². The molecule has 1 rings (SSSR count). The number of ether oxygens (including phenoxy) is 1. The molecule has 8 heteroatoms. The van der Waals surface area contributed by atoms with E-state index in [1.807, 2.05) is 0 Å². The van der Waals surface area contributed by atoms with Crippen LogP contribution in [0.1, 0.15) is 31.3 Å². The number of carbonyl (C=O) groups is 1. The number of nitrogens with zero attached hydrogens (tertiary/aromatic N) is 2. The second-order valence-electron chi connectivity index (χ2n) is 4.85. The van der Waals surface area contributed by atoms with Crippen molar-refractivity contribution in [1.82, 2.24) is 8.87 Å². The van der Waals surface area contributed by atoms with Gasteiger partial charge in [-0.1, -0.05) is 0 Å². The van der Waals surface area contributed by atoms with Gasteiger partial charge in [-0.2, -0.15) is 4.31 Å². The number of sulfonamides is 1. The molecule has 1 aromatic heterocycles. The Balaban J connectivity index is 3.25. The van der Waals surface area contributed by atoms with Crippen LogP contribution < -0.4 is 0 Å². The highest BCUT2D eigenvalue weighted by Crippen LogP contribution is 2.21. The van der Waals surface area contributed by atoms with Crippen molar-refractivity contribution in [2.45, 2.75) is 38.3 Å². The van der Waals surface area contributed by atoms with Gasteiger partial charge in [-0.25, -0.2) is 13.2 Å². The summed E-state index contributed by atoms with van der Waals surface area (Å²) in [7, 11) is -2.25. The Morgan fingerprint density at radius 3 is 2.48 bits per heavy atom. The number of rotatable bonds is 8. The number of carboxylic acids is 1. The Morgan fingerprint density at radius 2 is 2.10 bits per heavy atom. The first kappa shape index (κ1) is 17.7. The fourth-order valence-corrected chi connectivity index (χ4v) is 3.70. The molecule has 0 aliphatic rings. The zero-order valence-electron chi connectivity index (χ0n) is 12.7. The number of aromatic nitrogens is 1. The molecule has 0 spiro atoms. The lowest BCUT2D eigenvalue weighted by molar-refractivity contribution is 0.0685. The minimum atomic E-state index is -3.75. The predicted molar refractivity (Wildman–Crippen MR) is 78.0 cm³/mol. The summed E-state index contributed by atoms with van der Waals surface area (Å²) in [6.45, 7) is 6.17. The Hall–Kier alpha value is -1.38. The quantitative estimate of drug-likeness (QED) is 0.779. The zero-order valence-corrected chi connectivity index (χ0v) is 13.6. The molecule has 0 unspecified atom stereocenters. The molecular weight excluding hydrogens is 296 g/mol. The molecule has 0 aliphatic carbocycles. The SMILES string of the molecule is CCn1cc(S(=O)(=O)N(CCOC)C(C)C)cc1C(=O)O. The molecule has 7 nitrogen and oxygen atoms in total. The molecule has 0 saturated carbocycles. The summed E-state index contributed by atoms with van der Waals surface area (Å²) in [5, 5.41) is 9.12. The third-order valence-electron chi connectivity index (χ3n) is 3.13. The molecule has 0 amide bonds. The largest absolute Gasteiger partial charge is 0.477 e. The molecule has 1 N–H and O–H groups in total. The average Bonchev–Trinajstić information content (AvgIpc) is 2.83. The van der Waals surface area contributed by atoms with Gasteiger partial charge in [0.25, 0.3) is 0 Å². The predicted octanol–water partition coefficient (Wildman–Crippen LogP) is 1.25. The van der Waals surface area contributed by atoms with Crippen LogP contribution in [0.25, 0.3) is 0 Å². The van der Waals surface area contributed by atoms with Gasteiger partial charge in [-0.15, -0.1) is 0 Å². The van der Waals surface area contributed by atoms with Crippen molar-refractivity contribution in [2.24, 2.45) is 0 Å². The summed E-state index contributed by atoms with van der Waals surface area (Å²) in [6, 6.07) is 0.951. The third kappa shape index (κ3) is 3.84. The van der Waals surface area contributed by atoms with Gasteiger partial charge in [-0.05, 0) is 26.8 Å². The maximum Gasteiger partial charge on any atom is 0.352 e. The van der Waals surface area contributed by atoms with Crippen LogP contribution in [0.3, 0.4) is 0 Å². The lowest BCUT2D eigenvalue weighted by atomic mass is 10.4. The van der Waals surface area contributed by atoms with E-state index < -0.39 is 16.0 Å². The summed E-state index contributed by atoms with van der Waals surface area (Å²) < 4.78 is 32.9. The minimum Gasteiger partial charge on any atom is -0.477 e. The van der Waals surface area contributed by atoms with Gasteiger partial charge in [0.2, 0.25) is 10.0 Å². The second-order valence-corrected chi connectivity index (χ2v) is 6.75. The first-order chi connectivity index (χ1) is 9.75. The molecule has 0 aromatic carbocycles. The van der Waals surface area contributed by atoms with Crippen LogP contribution in [-0.2, 0) is 21.3 Å². The Morgan fingerprint density at radius 1 is 1.48 bits per heavy atom. The van der Waals surface area contributed by atoms with Crippen molar-refractivity contribution < 1.29 is 23.1 Å². The molecule has 1 heterocycles. The fraction of sp³-hybridized carbons (Fsp3) is 0.615. The molecule has 21 heavy (non-hydrogen) atoms. The molecule has 0 saturated heterocycles. The van der Waals surface area contributed by atoms with Crippen molar-refractivity contribution in [3.8, 4) is 0 Å². The van der Waals surface area contributed by atoms with E-state index in [9.17, 15) is 13.2 Å². The number of aryl methyl sites for hydroxylation is 1.